The van der Waals surface area contributed by atoms with Crippen LogP contribution in [0.5, 0.6) is 0 Å². The second-order valence-corrected chi connectivity index (χ2v) is 8.46. The molecule has 0 atom stereocenters. The molecule has 0 bridgehead atoms. The highest BCUT2D eigenvalue weighted by atomic mass is 16.2. The number of carbonyl (C=O) groups excluding carboxylic acids is 3. The fourth-order valence-corrected chi connectivity index (χ4v) is 4.36. The largest absolute Gasteiger partial charge is 0.329 e. The maximum atomic E-state index is 12.7. The third-order valence-corrected chi connectivity index (χ3v) is 6.10. The van der Waals surface area contributed by atoms with Crippen molar-refractivity contribution in [2.24, 2.45) is 4.99 Å². The van der Waals surface area contributed by atoms with E-state index in [0.717, 1.165) is 18.4 Å². The van der Waals surface area contributed by atoms with Gasteiger partial charge in [0.2, 0.25) is 5.91 Å². The molecule has 1 saturated heterocycles. The molecule has 1 aliphatic heterocycles. The minimum absolute atomic E-state index is 0.140. The lowest BCUT2D eigenvalue weighted by atomic mass is 9.98. The van der Waals surface area contributed by atoms with E-state index in [1.807, 2.05) is 35.9 Å². The van der Waals surface area contributed by atoms with Crippen molar-refractivity contribution in [1.82, 2.24) is 14.8 Å². The number of benzene rings is 1. The van der Waals surface area contributed by atoms with Crippen molar-refractivity contribution in [1.29, 1.82) is 0 Å². The monoisotopic (exact) mass is 420 g/mol. The van der Waals surface area contributed by atoms with Crippen LogP contribution >= 0.6 is 0 Å². The van der Waals surface area contributed by atoms with E-state index in [0.29, 0.717) is 31.3 Å². The van der Waals surface area contributed by atoms with Crippen LogP contribution in [0.15, 0.2) is 53.7 Å². The summed E-state index contributed by atoms with van der Waals surface area (Å²) in [5, 5.41) is 2.87. The maximum absolute atomic E-state index is 12.7. The van der Waals surface area contributed by atoms with E-state index in [-0.39, 0.29) is 30.8 Å². The SMILES string of the molecule is Cc1ccc(Cn2ccccc2=NC(=O)CCCN2C(=O)NC3(CCCC3)C2=O)cc1. The standard InChI is InChI=1S/C24H28N4O3/c1-18-9-11-19(12-10-18)17-27-15-5-2-7-20(27)25-21(29)8-6-16-28-22(30)24(26-23(28)31)13-3-4-14-24/h2,5,7,9-12,15H,3-4,6,8,13-14,16-17H2,1H3,(H,26,31). The van der Waals surface area contributed by atoms with Crippen LogP contribution in [0, 0.1) is 6.92 Å². The highest BCUT2D eigenvalue weighted by Crippen LogP contribution is 2.35. The highest BCUT2D eigenvalue weighted by molar-refractivity contribution is 6.07. The quantitative estimate of drug-likeness (QED) is 0.730. The lowest BCUT2D eigenvalue weighted by Gasteiger charge is -2.19. The molecule has 1 aliphatic carbocycles. The van der Waals surface area contributed by atoms with E-state index in [9.17, 15) is 14.4 Å². The predicted molar refractivity (Wildman–Crippen MR) is 116 cm³/mol. The van der Waals surface area contributed by atoms with Crippen molar-refractivity contribution in [2.75, 3.05) is 6.54 Å². The average molecular weight is 421 g/mol. The highest BCUT2D eigenvalue weighted by Gasteiger charge is 2.51. The Morgan fingerprint density at radius 1 is 1.10 bits per heavy atom. The lowest BCUT2D eigenvalue weighted by Crippen LogP contribution is -2.44. The molecule has 1 aromatic heterocycles. The Morgan fingerprint density at radius 2 is 1.84 bits per heavy atom. The van der Waals surface area contributed by atoms with Gasteiger partial charge in [-0.25, -0.2) is 4.79 Å². The van der Waals surface area contributed by atoms with Crippen LogP contribution < -0.4 is 10.8 Å². The molecular formula is C24H28N4O3. The van der Waals surface area contributed by atoms with Crippen molar-refractivity contribution in [3.63, 3.8) is 0 Å². The van der Waals surface area contributed by atoms with Gasteiger partial charge in [-0.05, 0) is 43.9 Å². The van der Waals surface area contributed by atoms with Crippen molar-refractivity contribution < 1.29 is 14.4 Å². The molecule has 4 amide bonds. The molecule has 7 heteroatoms. The first-order valence-corrected chi connectivity index (χ1v) is 10.9. The molecular weight excluding hydrogens is 392 g/mol. The molecule has 2 aromatic rings. The molecule has 1 aromatic carbocycles. The van der Waals surface area contributed by atoms with Crippen LogP contribution in [0.25, 0.3) is 0 Å². The molecule has 7 nitrogen and oxygen atoms in total. The Hall–Kier alpha value is -3.22. The van der Waals surface area contributed by atoms with Crippen molar-refractivity contribution >= 4 is 17.8 Å². The Labute approximate surface area is 181 Å². The van der Waals surface area contributed by atoms with Crippen molar-refractivity contribution in [2.45, 2.75) is 57.5 Å². The number of rotatable bonds is 6. The second kappa shape index (κ2) is 8.88. The van der Waals surface area contributed by atoms with Gasteiger partial charge in [-0.15, -0.1) is 0 Å². The zero-order valence-electron chi connectivity index (χ0n) is 17.8. The number of hydrogen-bond donors (Lipinski definition) is 1. The fraction of sp³-hybridized carbons (Fsp3) is 0.417. The van der Waals surface area contributed by atoms with Gasteiger partial charge >= 0.3 is 6.03 Å². The molecule has 0 unspecified atom stereocenters. The first-order valence-electron chi connectivity index (χ1n) is 10.9. The predicted octanol–water partition coefficient (Wildman–Crippen LogP) is 2.92. The van der Waals surface area contributed by atoms with E-state index >= 15 is 0 Å². The molecule has 31 heavy (non-hydrogen) atoms. The maximum Gasteiger partial charge on any atom is 0.325 e. The van der Waals surface area contributed by atoms with E-state index in [1.165, 1.54) is 10.5 Å². The molecule has 1 N–H and O–H groups in total. The smallest absolute Gasteiger partial charge is 0.325 e. The molecule has 1 saturated carbocycles. The third kappa shape index (κ3) is 4.60. The number of hydrogen-bond acceptors (Lipinski definition) is 3. The summed E-state index contributed by atoms with van der Waals surface area (Å²) in [4.78, 5) is 42.9. The fourth-order valence-electron chi connectivity index (χ4n) is 4.36. The summed E-state index contributed by atoms with van der Waals surface area (Å²) in [6.45, 7) is 2.91. The van der Waals surface area contributed by atoms with Crippen molar-refractivity contribution in [3.8, 4) is 0 Å². The number of carbonyl (C=O) groups is 3. The van der Waals surface area contributed by atoms with Gasteiger partial charge in [0.15, 0.2) is 0 Å². The van der Waals surface area contributed by atoms with Crippen LogP contribution in [0.1, 0.15) is 49.7 Å². The van der Waals surface area contributed by atoms with Gasteiger partial charge in [0.05, 0.1) is 0 Å². The molecule has 0 radical (unpaired) electrons. The number of nitrogens with one attached hydrogen (secondary N) is 1. The number of imide groups is 1. The minimum Gasteiger partial charge on any atom is -0.329 e. The average Bonchev–Trinajstić information content (AvgIpc) is 3.31. The number of aryl methyl sites for hydroxylation is 1. The Morgan fingerprint density at radius 3 is 2.58 bits per heavy atom. The first kappa shape index (κ1) is 21.0. The van der Waals surface area contributed by atoms with Crippen molar-refractivity contribution in [3.05, 3.63) is 65.3 Å². The van der Waals surface area contributed by atoms with E-state index < -0.39 is 5.54 Å². The zero-order chi connectivity index (χ0) is 21.8. The molecule has 1 spiro atoms. The van der Waals surface area contributed by atoms with Gasteiger partial charge in [0, 0.05) is 25.7 Å². The number of aromatic nitrogens is 1. The number of urea groups is 1. The number of nitrogens with zero attached hydrogens (tertiary/aromatic N) is 3. The van der Waals surface area contributed by atoms with E-state index in [2.05, 4.69) is 34.6 Å². The number of pyridine rings is 1. The topological polar surface area (TPSA) is 83.8 Å². The summed E-state index contributed by atoms with van der Waals surface area (Å²) in [5.74, 6) is -0.398. The van der Waals surface area contributed by atoms with Gasteiger partial charge in [-0.1, -0.05) is 48.7 Å². The van der Waals surface area contributed by atoms with Gasteiger partial charge in [0.1, 0.15) is 11.0 Å². The minimum atomic E-state index is -0.697. The van der Waals surface area contributed by atoms with Crippen LogP contribution in [-0.4, -0.2) is 39.4 Å². The van der Waals surface area contributed by atoms with Gasteiger partial charge < -0.3 is 9.88 Å². The zero-order valence-corrected chi connectivity index (χ0v) is 17.8. The van der Waals surface area contributed by atoms with E-state index in [1.54, 1.807) is 0 Å². The second-order valence-electron chi connectivity index (χ2n) is 8.46. The molecule has 162 valence electrons. The summed E-state index contributed by atoms with van der Waals surface area (Å²) in [6, 6.07) is 13.5. The summed E-state index contributed by atoms with van der Waals surface area (Å²) in [5.41, 5.74) is 2.22. The first-order chi connectivity index (χ1) is 15.0. The van der Waals surface area contributed by atoms with E-state index in [4.69, 9.17) is 0 Å². The Kier molecular flexibility index (Phi) is 6.02. The summed E-state index contributed by atoms with van der Waals surface area (Å²) >= 11 is 0. The summed E-state index contributed by atoms with van der Waals surface area (Å²) in [6.07, 6.45) is 5.81. The molecule has 2 fully saturated rings. The van der Waals surface area contributed by atoms with Crippen LogP contribution in [0.2, 0.25) is 0 Å². The lowest BCUT2D eigenvalue weighted by molar-refractivity contribution is -0.131. The summed E-state index contributed by atoms with van der Waals surface area (Å²) < 4.78 is 1.93. The number of amides is 4. The normalized spacial score (nSPS) is 18.1. The van der Waals surface area contributed by atoms with Gasteiger partial charge in [0.25, 0.3) is 5.91 Å². The van der Waals surface area contributed by atoms with Gasteiger partial charge in [-0.3, -0.25) is 14.5 Å². The Balaban J connectivity index is 1.37. The summed E-state index contributed by atoms with van der Waals surface area (Å²) in [7, 11) is 0. The van der Waals surface area contributed by atoms with Crippen LogP contribution in [0.3, 0.4) is 0 Å². The van der Waals surface area contributed by atoms with Crippen LogP contribution in [0.4, 0.5) is 4.79 Å². The Bertz CT molecular complexity index is 1050. The van der Waals surface area contributed by atoms with Crippen LogP contribution in [-0.2, 0) is 16.1 Å². The molecule has 2 aliphatic rings. The molecule has 2 heterocycles. The third-order valence-electron chi connectivity index (χ3n) is 6.10. The van der Waals surface area contributed by atoms with Gasteiger partial charge in [-0.2, -0.15) is 4.99 Å². The molecule has 4 rings (SSSR count).